The molecule has 2 nitrogen and oxygen atoms in total. The normalized spacial score (nSPS) is 23.4. The number of hydrogen-bond acceptors (Lipinski definition) is 2. The van der Waals surface area contributed by atoms with Crippen LogP contribution >= 0.6 is 0 Å². The van der Waals surface area contributed by atoms with Crippen molar-refractivity contribution >= 4 is 0 Å². The van der Waals surface area contributed by atoms with Gasteiger partial charge in [-0.05, 0) is 79.3 Å². The molecular formula is C23H38N2. The van der Waals surface area contributed by atoms with Gasteiger partial charge in [0.2, 0.25) is 0 Å². The molecule has 0 atom stereocenters. The maximum atomic E-state index is 2.64. The molecule has 1 fully saturated rings. The Kier molecular flexibility index (Phi) is 5.33. The first-order chi connectivity index (χ1) is 11.7. The topological polar surface area (TPSA) is 6.48 Å². The summed E-state index contributed by atoms with van der Waals surface area (Å²) in [5.74, 6) is 0. The fraction of sp³-hybridized carbons (Fsp3) is 0.739. The van der Waals surface area contributed by atoms with Crippen LogP contribution in [-0.4, -0.2) is 49.6 Å². The average molecular weight is 343 g/mol. The first kappa shape index (κ1) is 18.9. The smallest absolute Gasteiger partial charge is 0.0110 e. The molecule has 2 aliphatic rings. The molecular weight excluding hydrogens is 304 g/mol. The van der Waals surface area contributed by atoms with Crippen LogP contribution in [0.4, 0.5) is 0 Å². The SMILES string of the molecule is Cc1cc2c(cc1CCCN1CCN(C)CC1)C(C)(C)CCC2(C)C. The molecule has 0 aromatic heterocycles. The monoisotopic (exact) mass is 342 g/mol. The highest BCUT2D eigenvalue weighted by Crippen LogP contribution is 2.46. The molecule has 1 aliphatic carbocycles. The van der Waals surface area contributed by atoms with Crippen LogP contribution in [0.3, 0.4) is 0 Å². The Morgan fingerprint density at radius 2 is 1.44 bits per heavy atom. The highest BCUT2D eigenvalue weighted by atomic mass is 15.2. The number of hydrogen-bond donors (Lipinski definition) is 0. The van der Waals surface area contributed by atoms with Gasteiger partial charge in [-0.1, -0.05) is 39.8 Å². The van der Waals surface area contributed by atoms with Crippen LogP contribution < -0.4 is 0 Å². The van der Waals surface area contributed by atoms with E-state index in [1.165, 1.54) is 64.0 Å². The third kappa shape index (κ3) is 4.11. The van der Waals surface area contributed by atoms with Crippen molar-refractivity contribution in [2.24, 2.45) is 0 Å². The molecule has 2 heteroatoms. The molecule has 1 aromatic carbocycles. The summed E-state index contributed by atoms with van der Waals surface area (Å²) in [6.07, 6.45) is 5.11. The molecule has 0 N–H and O–H groups in total. The van der Waals surface area contributed by atoms with Crippen LogP contribution in [0.5, 0.6) is 0 Å². The van der Waals surface area contributed by atoms with E-state index < -0.39 is 0 Å². The molecule has 0 radical (unpaired) electrons. The molecule has 25 heavy (non-hydrogen) atoms. The van der Waals surface area contributed by atoms with Crippen molar-refractivity contribution in [3.05, 3.63) is 34.4 Å². The number of nitrogens with zero attached hydrogens (tertiary/aromatic N) is 2. The Labute approximate surface area is 155 Å². The quantitative estimate of drug-likeness (QED) is 0.793. The second-order valence-electron chi connectivity index (χ2n) is 9.84. The fourth-order valence-electron chi connectivity index (χ4n) is 4.60. The minimum Gasteiger partial charge on any atom is -0.304 e. The van der Waals surface area contributed by atoms with E-state index in [0.717, 1.165) is 0 Å². The van der Waals surface area contributed by atoms with E-state index in [9.17, 15) is 0 Å². The Balaban J connectivity index is 1.70. The predicted molar refractivity (Wildman–Crippen MR) is 109 cm³/mol. The van der Waals surface area contributed by atoms with E-state index in [-0.39, 0.29) is 0 Å². The second-order valence-corrected chi connectivity index (χ2v) is 9.84. The van der Waals surface area contributed by atoms with Crippen LogP contribution in [0.1, 0.15) is 69.2 Å². The Morgan fingerprint density at radius 3 is 2.04 bits per heavy atom. The fourth-order valence-corrected chi connectivity index (χ4v) is 4.60. The molecule has 0 amide bonds. The van der Waals surface area contributed by atoms with E-state index in [1.807, 2.05) is 0 Å². The van der Waals surface area contributed by atoms with Gasteiger partial charge < -0.3 is 9.80 Å². The molecule has 0 unspecified atom stereocenters. The summed E-state index contributed by atoms with van der Waals surface area (Å²) >= 11 is 0. The molecule has 1 aromatic rings. The molecule has 140 valence electrons. The number of benzene rings is 1. The summed E-state index contributed by atoms with van der Waals surface area (Å²) in [6.45, 7) is 18.2. The average Bonchev–Trinajstić information content (AvgIpc) is 2.55. The van der Waals surface area contributed by atoms with Crippen molar-refractivity contribution in [2.45, 2.75) is 71.1 Å². The lowest BCUT2D eigenvalue weighted by Crippen LogP contribution is -2.44. The van der Waals surface area contributed by atoms with Gasteiger partial charge in [0.05, 0.1) is 0 Å². The lowest BCUT2D eigenvalue weighted by molar-refractivity contribution is 0.153. The van der Waals surface area contributed by atoms with Gasteiger partial charge in [-0.3, -0.25) is 0 Å². The first-order valence-electron chi connectivity index (χ1n) is 10.2. The highest BCUT2D eigenvalue weighted by Gasteiger charge is 2.37. The van der Waals surface area contributed by atoms with Gasteiger partial charge in [0, 0.05) is 26.2 Å². The largest absolute Gasteiger partial charge is 0.304 e. The van der Waals surface area contributed by atoms with Crippen LogP contribution in [0, 0.1) is 6.92 Å². The van der Waals surface area contributed by atoms with Crippen molar-refractivity contribution in [1.29, 1.82) is 0 Å². The summed E-state index contributed by atoms with van der Waals surface area (Å²) in [5.41, 5.74) is 6.95. The van der Waals surface area contributed by atoms with E-state index in [4.69, 9.17) is 0 Å². The predicted octanol–water partition coefficient (Wildman–Crippen LogP) is 4.52. The van der Waals surface area contributed by atoms with Gasteiger partial charge in [0.25, 0.3) is 0 Å². The van der Waals surface area contributed by atoms with E-state index in [1.54, 1.807) is 16.7 Å². The molecule has 1 aliphatic heterocycles. The van der Waals surface area contributed by atoms with Crippen LogP contribution in [0.2, 0.25) is 0 Å². The minimum atomic E-state index is 0.324. The number of likely N-dealkylation sites (N-methyl/N-ethyl adjacent to an activating group) is 1. The summed E-state index contributed by atoms with van der Waals surface area (Å²) in [5, 5.41) is 0. The molecule has 1 saturated heterocycles. The molecule has 0 saturated carbocycles. The number of aryl methyl sites for hydroxylation is 2. The zero-order chi connectivity index (χ0) is 18.2. The summed E-state index contributed by atoms with van der Waals surface area (Å²) in [6, 6.07) is 5.08. The van der Waals surface area contributed by atoms with Crippen molar-refractivity contribution < 1.29 is 0 Å². The maximum Gasteiger partial charge on any atom is 0.0110 e. The van der Waals surface area contributed by atoms with E-state index >= 15 is 0 Å². The van der Waals surface area contributed by atoms with Crippen molar-refractivity contribution in [2.75, 3.05) is 39.8 Å². The Bertz CT molecular complexity index is 607. The van der Waals surface area contributed by atoms with Crippen molar-refractivity contribution in [3.63, 3.8) is 0 Å². The molecule has 3 rings (SSSR count). The zero-order valence-corrected chi connectivity index (χ0v) is 17.4. The van der Waals surface area contributed by atoms with Gasteiger partial charge in [-0.2, -0.15) is 0 Å². The van der Waals surface area contributed by atoms with Gasteiger partial charge in [-0.15, -0.1) is 0 Å². The first-order valence-corrected chi connectivity index (χ1v) is 10.2. The Hall–Kier alpha value is -0.860. The summed E-state index contributed by atoms with van der Waals surface area (Å²) in [4.78, 5) is 5.08. The minimum absolute atomic E-state index is 0.324. The van der Waals surface area contributed by atoms with Gasteiger partial charge in [0.1, 0.15) is 0 Å². The number of rotatable bonds is 4. The van der Waals surface area contributed by atoms with Crippen molar-refractivity contribution in [1.82, 2.24) is 9.80 Å². The van der Waals surface area contributed by atoms with Crippen LogP contribution in [0.15, 0.2) is 12.1 Å². The second kappa shape index (κ2) is 7.04. The highest BCUT2D eigenvalue weighted by molar-refractivity contribution is 5.47. The zero-order valence-electron chi connectivity index (χ0n) is 17.4. The lowest BCUT2D eigenvalue weighted by atomic mass is 9.62. The summed E-state index contributed by atoms with van der Waals surface area (Å²) in [7, 11) is 2.23. The van der Waals surface area contributed by atoms with Crippen LogP contribution in [0.25, 0.3) is 0 Å². The van der Waals surface area contributed by atoms with Crippen molar-refractivity contribution in [3.8, 4) is 0 Å². The summed E-state index contributed by atoms with van der Waals surface area (Å²) < 4.78 is 0. The Morgan fingerprint density at radius 1 is 0.880 bits per heavy atom. The molecule has 1 heterocycles. The number of piperazine rings is 1. The van der Waals surface area contributed by atoms with Gasteiger partial charge >= 0.3 is 0 Å². The molecule has 0 spiro atoms. The molecule has 0 bridgehead atoms. The van der Waals surface area contributed by atoms with Crippen LogP contribution in [-0.2, 0) is 17.3 Å². The van der Waals surface area contributed by atoms with Gasteiger partial charge in [0.15, 0.2) is 0 Å². The number of fused-ring (bicyclic) bond motifs is 1. The van der Waals surface area contributed by atoms with E-state index in [0.29, 0.717) is 10.8 Å². The maximum absolute atomic E-state index is 2.64. The van der Waals surface area contributed by atoms with Gasteiger partial charge in [-0.25, -0.2) is 0 Å². The lowest BCUT2D eigenvalue weighted by Gasteiger charge is -2.42. The van der Waals surface area contributed by atoms with E-state index in [2.05, 4.69) is 63.6 Å². The third-order valence-corrected chi connectivity index (χ3v) is 6.83. The third-order valence-electron chi connectivity index (χ3n) is 6.83. The standard InChI is InChI=1S/C23H38N2/c1-18-16-20-21(23(4,5)10-9-22(20,2)3)17-19(18)8-7-11-25-14-12-24(6)13-15-25/h16-17H,7-15H2,1-6H3.